The first kappa shape index (κ1) is 19.6. The summed E-state index contributed by atoms with van der Waals surface area (Å²) < 4.78 is 15.4. The van der Waals surface area contributed by atoms with Crippen LogP contribution in [0.25, 0.3) is 0 Å². The molecule has 1 amide bonds. The number of halogens is 1. The van der Waals surface area contributed by atoms with Crippen molar-refractivity contribution in [3.05, 3.63) is 53.1 Å². The van der Waals surface area contributed by atoms with E-state index in [0.717, 1.165) is 5.56 Å². The number of carbonyl (C=O) groups is 2. The van der Waals surface area contributed by atoms with Gasteiger partial charge in [-0.15, -0.1) is 0 Å². The van der Waals surface area contributed by atoms with E-state index < -0.39 is 18.0 Å². The molecule has 0 unspecified atom stereocenters. The van der Waals surface area contributed by atoms with E-state index in [-0.39, 0.29) is 6.42 Å². The maximum absolute atomic E-state index is 12.3. The average Bonchev–Trinajstić information content (AvgIpc) is 2.62. The molecular formula is C19H20ClNO5. The van der Waals surface area contributed by atoms with Crippen LogP contribution in [0.3, 0.4) is 0 Å². The number of rotatable bonds is 7. The lowest BCUT2D eigenvalue weighted by atomic mass is 10.1. The van der Waals surface area contributed by atoms with Gasteiger partial charge in [-0.1, -0.05) is 23.7 Å². The molecule has 0 saturated carbocycles. The van der Waals surface area contributed by atoms with Crippen LogP contribution in [0, 0.1) is 0 Å². The fourth-order valence-corrected chi connectivity index (χ4v) is 2.39. The maximum Gasteiger partial charge on any atom is 0.311 e. The average molecular weight is 378 g/mol. The second-order valence-electron chi connectivity index (χ2n) is 5.49. The zero-order chi connectivity index (χ0) is 19.1. The maximum atomic E-state index is 12.3. The van der Waals surface area contributed by atoms with Gasteiger partial charge in [-0.25, -0.2) is 0 Å². The molecule has 0 aliphatic heterocycles. The second kappa shape index (κ2) is 9.10. The number of hydrogen-bond acceptors (Lipinski definition) is 5. The van der Waals surface area contributed by atoms with E-state index in [1.54, 1.807) is 49.6 Å². The molecule has 2 aromatic carbocycles. The number of hydrogen-bond donors (Lipinski definition) is 1. The van der Waals surface area contributed by atoms with Crippen LogP contribution in [0.1, 0.15) is 12.5 Å². The summed E-state index contributed by atoms with van der Waals surface area (Å²) in [6.45, 7) is 1.50. The molecule has 1 N–H and O–H groups in total. The number of carbonyl (C=O) groups excluding carboxylic acids is 2. The van der Waals surface area contributed by atoms with E-state index >= 15 is 0 Å². The number of nitrogens with one attached hydrogen (secondary N) is 1. The highest BCUT2D eigenvalue weighted by Gasteiger charge is 2.19. The summed E-state index contributed by atoms with van der Waals surface area (Å²) in [5, 5.41) is 3.09. The minimum Gasteiger partial charge on any atom is -0.497 e. The van der Waals surface area contributed by atoms with Crippen LogP contribution >= 0.6 is 11.6 Å². The fraction of sp³-hybridized carbons (Fsp3) is 0.263. The number of methoxy groups -OCH3 is 2. The topological polar surface area (TPSA) is 73.9 Å². The predicted octanol–water partition coefficient (Wildman–Crippen LogP) is 3.47. The Labute approximate surface area is 157 Å². The minimum atomic E-state index is -0.968. The van der Waals surface area contributed by atoms with Gasteiger partial charge in [0.1, 0.15) is 11.5 Å². The smallest absolute Gasteiger partial charge is 0.311 e. The third-order valence-corrected chi connectivity index (χ3v) is 3.84. The summed E-state index contributed by atoms with van der Waals surface area (Å²) >= 11 is 5.93. The van der Waals surface area contributed by atoms with E-state index in [9.17, 15) is 9.59 Å². The Morgan fingerprint density at radius 2 is 1.77 bits per heavy atom. The first-order valence-corrected chi connectivity index (χ1v) is 8.27. The largest absolute Gasteiger partial charge is 0.497 e. The third kappa shape index (κ3) is 5.39. The Balaban J connectivity index is 1.93. The van der Waals surface area contributed by atoms with Crippen LogP contribution in [0.2, 0.25) is 5.02 Å². The lowest BCUT2D eigenvalue weighted by molar-refractivity contribution is -0.152. The number of benzene rings is 2. The molecule has 0 heterocycles. The van der Waals surface area contributed by atoms with Crippen molar-refractivity contribution in [1.29, 1.82) is 0 Å². The number of esters is 1. The standard InChI is InChI=1S/C19H20ClNO5/c1-12(19(23)21-16-11-14(20)6-9-17(16)25-3)26-18(22)10-13-4-7-15(24-2)8-5-13/h4-9,11-12H,10H2,1-3H3,(H,21,23)/t12-/m0/s1. The van der Waals surface area contributed by atoms with Crippen molar-refractivity contribution in [2.75, 3.05) is 19.5 Å². The number of ether oxygens (including phenoxy) is 3. The van der Waals surface area contributed by atoms with Gasteiger partial charge in [0.25, 0.3) is 5.91 Å². The Hall–Kier alpha value is -2.73. The Morgan fingerprint density at radius 1 is 1.08 bits per heavy atom. The molecule has 2 rings (SSSR count). The second-order valence-corrected chi connectivity index (χ2v) is 5.93. The van der Waals surface area contributed by atoms with Crippen molar-refractivity contribution in [3.8, 4) is 11.5 Å². The van der Waals surface area contributed by atoms with Gasteiger partial charge in [0.2, 0.25) is 0 Å². The summed E-state index contributed by atoms with van der Waals surface area (Å²) in [6, 6.07) is 11.9. The van der Waals surface area contributed by atoms with E-state index in [1.807, 2.05) is 0 Å². The lowest BCUT2D eigenvalue weighted by Gasteiger charge is -2.15. The highest BCUT2D eigenvalue weighted by molar-refractivity contribution is 6.31. The van der Waals surface area contributed by atoms with Gasteiger partial charge in [-0.2, -0.15) is 0 Å². The Bertz CT molecular complexity index is 776. The number of amides is 1. The van der Waals surface area contributed by atoms with Gasteiger partial charge in [0, 0.05) is 5.02 Å². The molecule has 6 nitrogen and oxygen atoms in total. The molecule has 0 radical (unpaired) electrons. The highest BCUT2D eigenvalue weighted by Crippen LogP contribution is 2.27. The summed E-state index contributed by atoms with van der Waals surface area (Å²) in [5.41, 5.74) is 1.17. The fourth-order valence-electron chi connectivity index (χ4n) is 2.21. The SMILES string of the molecule is COc1ccc(CC(=O)O[C@@H](C)C(=O)Nc2cc(Cl)ccc2OC)cc1. The van der Waals surface area contributed by atoms with Crippen LogP contribution in [0.5, 0.6) is 11.5 Å². The molecule has 0 fully saturated rings. The van der Waals surface area contributed by atoms with Crippen LogP contribution in [-0.4, -0.2) is 32.2 Å². The van der Waals surface area contributed by atoms with Crippen molar-refractivity contribution in [2.24, 2.45) is 0 Å². The van der Waals surface area contributed by atoms with Gasteiger partial charge in [0.15, 0.2) is 6.10 Å². The molecule has 26 heavy (non-hydrogen) atoms. The first-order chi connectivity index (χ1) is 12.4. The lowest BCUT2D eigenvalue weighted by Crippen LogP contribution is -2.30. The van der Waals surface area contributed by atoms with Crippen LogP contribution in [0.4, 0.5) is 5.69 Å². The van der Waals surface area contributed by atoms with Crippen LogP contribution in [0.15, 0.2) is 42.5 Å². The van der Waals surface area contributed by atoms with Crippen molar-refractivity contribution in [1.82, 2.24) is 0 Å². The molecule has 1 atom stereocenters. The van der Waals surface area contributed by atoms with Gasteiger partial charge in [-0.3, -0.25) is 9.59 Å². The minimum absolute atomic E-state index is 0.0576. The highest BCUT2D eigenvalue weighted by atomic mass is 35.5. The summed E-state index contributed by atoms with van der Waals surface area (Å²) in [4.78, 5) is 24.3. The van der Waals surface area contributed by atoms with Crippen LogP contribution < -0.4 is 14.8 Å². The molecular weight excluding hydrogens is 358 g/mol. The molecule has 0 bridgehead atoms. The van der Waals surface area contributed by atoms with Crippen molar-refractivity contribution >= 4 is 29.2 Å². The van der Waals surface area contributed by atoms with E-state index in [2.05, 4.69) is 5.32 Å². The molecule has 138 valence electrons. The van der Waals surface area contributed by atoms with Gasteiger partial charge >= 0.3 is 5.97 Å². The first-order valence-electron chi connectivity index (χ1n) is 7.89. The predicted molar refractivity (Wildman–Crippen MR) is 98.9 cm³/mol. The Morgan fingerprint density at radius 3 is 2.38 bits per heavy atom. The zero-order valence-electron chi connectivity index (χ0n) is 14.7. The Kier molecular flexibility index (Phi) is 6.86. The third-order valence-electron chi connectivity index (χ3n) is 3.60. The molecule has 0 aliphatic rings. The molecule has 2 aromatic rings. The van der Waals surface area contributed by atoms with E-state index in [0.29, 0.717) is 22.2 Å². The van der Waals surface area contributed by atoms with Gasteiger partial charge in [-0.05, 0) is 42.8 Å². The summed E-state index contributed by atoms with van der Waals surface area (Å²) in [5.74, 6) is 0.175. The van der Waals surface area contributed by atoms with Crippen molar-refractivity contribution in [3.63, 3.8) is 0 Å². The quantitative estimate of drug-likeness (QED) is 0.748. The van der Waals surface area contributed by atoms with E-state index in [4.69, 9.17) is 25.8 Å². The van der Waals surface area contributed by atoms with Crippen molar-refractivity contribution < 1.29 is 23.8 Å². The number of anilines is 1. The zero-order valence-corrected chi connectivity index (χ0v) is 15.5. The van der Waals surface area contributed by atoms with Gasteiger partial charge in [0.05, 0.1) is 26.3 Å². The molecule has 0 saturated heterocycles. The molecule has 0 spiro atoms. The molecule has 7 heteroatoms. The summed E-state index contributed by atoms with van der Waals surface area (Å²) in [7, 11) is 3.05. The van der Waals surface area contributed by atoms with Gasteiger partial charge < -0.3 is 19.5 Å². The molecule has 0 aromatic heterocycles. The summed E-state index contributed by atoms with van der Waals surface area (Å²) in [6.07, 6.45) is -0.910. The van der Waals surface area contributed by atoms with E-state index in [1.165, 1.54) is 14.0 Å². The van der Waals surface area contributed by atoms with Crippen LogP contribution in [-0.2, 0) is 20.7 Å². The monoisotopic (exact) mass is 377 g/mol. The molecule has 0 aliphatic carbocycles. The normalized spacial score (nSPS) is 11.4. The van der Waals surface area contributed by atoms with Crippen molar-refractivity contribution in [2.45, 2.75) is 19.4 Å².